The van der Waals surface area contributed by atoms with E-state index in [9.17, 15) is 4.79 Å². The van der Waals surface area contributed by atoms with Crippen molar-refractivity contribution < 1.29 is 9.90 Å². The minimum Gasteiger partial charge on any atom is -0.481 e. The molecule has 1 atom stereocenters. The molecule has 1 rings (SSSR count). The van der Waals surface area contributed by atoms with Crippen LogP contribution in [0.2, 0.25) is 0 Å². The average molecular weight is 294 g/mol. The fourth-order valence-electron chi connectivity index (χ4n) is 1.71. The zero-order chi connectivity index (χ0) is 11.8. The molecule has 0 saturated carbocycles. The Hall–Kier alpha value is -0.800. The number of hydrogen-bond donors (Lipinski definition) is 1. The summed E-state index contributed by atoms with van der Waals surface area (Å²) in [6.45, 7) is 2.08. The van der Waals surface area contributed by atoms with Crippen LogP contribution in [0.1, 0.15) is 38.3 Å². The lowest BCUT2D eigenvalue weighted by molar-refractivity contribution is -0.142. The number of aliphatic carboxylic acids is 1. The quantitative estimate of drug-likeness (QED) is 0.833. The second-order valence-corrected chi connectivity index (χ2v) is 4.04. The number of pyridine rings is 1. The predicted octanol–water partition coefficient (Wildman–Crippen LogP) is 3.75. The zero-order valence-corrected chi connectivity index (χ0v) is 12.2. The van der Waals surface area contributed by atoms with E-state index in [1.54, 1.807) is 6.20 Å². The lowest BCUT2D eigenvalue weighted by Crippen LogP contribution is -2.14. The molecule has 1 aromatic rings. The highest BCUT2D eigenvalue weighted by Crippen LogP contribution is 2.15. The summed E-state index contributed by atoms with van der Waals surface area (Å²) in [5, 5.41) is 9.06. The molecule has 1 heterocycles. The first-order chi connectivity index (χ1) is 7.74. The minimum absolute atomic E-state index is 0. The van der Waals surface area contributed by atoms with Gasteiger partial charge in [-0.15, -0.1) is 24.8 Å². The van der Waals surface area contributed by atoms with E-state index in [-0.39, 0.29) is 30.7 Å². The third-order valence-corrected chi connectivity index (χ3v) is 2.73. The molecule has 3 nitrogen and oxygen atoms in total. The number of rotatable bonds is 7. The molecule has 0 spiro atoms. The summed E-state index contributed by atoms with van der Waals surface area (Å²) in [5.41, 5.74) is 0.977. The van der Waals surface area contributed by atoms with E-state index in [4.69, 9.17) is 5.11 Å². The van der Waals surface area contributed by atoms with Crippen molar-refractivity contribution in [2.24, 2.45) is 5.92 Å². The van der Waals surface area contributed by atoms with Gasteiger partial charge in [-0.3, -0.25) is 9.78 Å². The highest BCUT2D eigenvalue weighted by molar-refractivity contribution is 5.85. The van der Waals surface area contributed by atoms with Gasteiger partial charge < -0.3 is 5.11 Å². The van der Waals surface area contributed by atoms with Crippen LogP contribution >= 0.6 is 24.8 Å². The molecular formula is C13H21Cl2NO2. The molecule has 0 amide bonds. The third kappa shape index (κ3) is 7.51. The largest absolute Gasteiger partial charge is 0.481 e. The monoisotopic (exact) mass is 293 g/mol. The molecule has 0 fully saturated rings. The van der Waals surface area contributed by atoms with Crippen LogP contribution < -0.4 is 0 Å². The smallest absolute Gasteiger partial charge is 0.306 e. The highest BCUT2D eigenvalue weighted by atomic mass is 35.5. The van der Waals surface area contributed by atoms with Gasteiger partial charge in [-0.25, -0.2) is 0 Å². The lowest BCUT2D eigenvalue weighted by atomic mass is 9.96. The van der Waals surface area contributed by atoms with Crippen molar-refractivity contribution in [3.63, 3.8) is 0 Å². The molecule has 0 aliphatic heterocycles. The number of carboxylic acid groups (broad SMARTS) is 1. The molecule has 1 unspecified atom stereocenters. The molecule has 104 valence electrons. The van der Waals surface area contributed by atoms with Gasteiger partial charge in [0.15, 0.2) is 0 Å². The number of aryl methyl sites for hydroxylation is 1. The average Bonchev–Trinajstić information content (AvgIpc) is 2.30. The molecule has 0 aromatic carbocycles. The summed E-state index contributed by atoms with van der Waals surface area (Å²) >= 11 is 0. The van der Waals surface area contributed by atoms with E-state index in [1.165, 1.54) is 0 Å². The van der Waals surface area contributed by atoms with Crippen LogP contribution in [0.5, 0.6) is 0 Å². The Morgan fingerprint density at radius 1 is 1.33 bits per heavy atom. The van der Waals surface area contributed by atoms with E-state index in [0.717, 1.165) is 31.4 Å². The number of nitrogens with zero attached hydrogens (tertiary/aromatic N) is 1. The van der Waals surface area contributed by atoms with Crippen LogP contribution in [0.25, 0.3) is 0 Å². The van der Waals surface area contributed by atoms with Crippen molar-refractivity contribution in [3.05, 3.63) is 30.1 Å². The fraction of sp³-hybridized carbons (Fsp3) is 0.538. The maximum atomic E-state index is 11.0. The molecule has 0 aliphatic rings. The molecule has 5 heteroatoms. The number of carbonyl (C=O) groups is 1. The molecule has 0 radical (unpaired) electrons. The van der Waals surface area contributed by atoms with Crippen molar-refractivity contribution >= 4 is 30.8 Å². The van der Waals surface area contributed by atoms with E-state index >= 15 is 0 Å². The molecule has 0 bridgehead atoms. The van der Waals surface area contributed by atoms with Gasteiger partial charge in [0.25, 0.3) is 0 Å². The Balaban J connectivity index is 0. The fourth-order valence-corrected chi connectivity index (χ4v) is 1.71. The summed E-state index contributed by atoms with van der Waals surface area (Å²) in [7, 11) is 0. The van der Waals surface area contributed by atoms with Gasteiger partial charge in [0.2, 0.25) is 0 Å². The second kappa shape index (κ2) is 11.3. The molecule has 0 saturated heterocycles. The Labute approximate surface area is 121 Å². The first-order valence-corrected chi connectivity index (χ1v) is 5.86. The Bertz CT molecular complexity index is 320. The summed E-state index contributed by atoms with van der Waals surface area (Å²) in [5.74, 6) is -0.897. The van der Waals surface area contributed by atoms with E-state index in [0.29, 0.717) is 6.42 Å². The maximum Gasteiger partial charge on any atom is 0.306 e. The zero-order valence-electron chi connectivity index (χ0n) is 10.5. The van der Waals surface area contributed by atoms with Crippen molar-refractivity contribution in [1.82, 2.24) is 4.98 Å². The van der Waals surface area contributed by atoms with Crippen LogP contribution in [0.3, 0.4) is 0 Å². The molecule has 1 aromatic heterocycles. The van der Waals surface area contributed by atoms with E-state index < -0.39 is 5.97 Å². The highest BCUT2D eigenvalue weighted by Gasteiger charge is 2.16. The molecule has 18 heavy (non-hydrogen) atoms. The first-order valence-electron chi connectivity index (χ1n) is 5.86. The van der Waals surface area contributed by atoms with Gasteiger partial charge in [0.1, 0.15) is 0 Å². The van der Waals surface area contributed by atoms with E-state index in [1.807, 2.05) is 18.2 Å². The SMILES string of the molecule is CCCCC(CCc1ccccn1)C(=O)O.Cl.Cl. The maximum absolute atomic E-state index is 11.0. The van der Waals surface area contributed by atoms with Gasteiger partial charge in [-0.2, -0.15) is 0 Å². The van der Waals surface area contributed by atoms with Crippen molar-refractivity contribution in [2.75, 3.05) is 0 Å². The van der Waals surface area contributed by atoms with Crippen molar-refractivity contribution in [1.29, 1.82) is 0 Å². The van der Waals surface area contributed by atoms with Gasteiger partial charge in [0, 0.05) is 11.9 Å². The van der Waals surface area contributed by atoms with Crippen molar-refractivity contribution in [2.45, 2.75) is 39.0 Å². The van der Waals surface area contributed by atoms with Crippen LogP contribution in [0, 0.1) is 5.92 Å². The Morgan fingerprint density at radius 3 is 2.56 bits per heavy atom. The normalized spacial score (nSPS) is 10.9. The van der Waals surface area contributed by atoms with Gasteiger partial charge in [0.05, 0.1) is 5.92 Å². The van der Waals surface area contributed by atoms with E-state index in [2.05, 4.69) is 11.9 Å². The third-order valence-electron chi connectivity index (χ3n) is 2.73. The van der Waals surface area contributed by atoms with Crippen LogP contribution in [0.4, 0.5) is 0 Å². The topological polar surface area (TPSA) is 50.2 Å². The van der Waals surface area contributed by atoms with Gasteiger partial charge >= 0.3 is 5.97 Å². The predicted molar refractivity (Wildman–Crippen MR) is 77.7 cm³/mol. The number of hydrogen-bond acceptors (Lipinski definition) is 2. The van der Waals surface area contributed by atoms with Gasteiger partial charge in [-0.05, 0) is 31.4 Å². The first kappa shape index (κ1) is 19.5. The lowest BCUT2D eigenvalue weighted by Gasteiger charge is -2.10. The number of halogens is 2. The second-order valence-electron chi connectivity index (χ2n) is 4.04. The standard InChI is InChI=1S/C13H19NO2.2ClH/c1-2-3-6-11(13(15)16)8-9-12-7-4-5-10-14-12;;/h4-5,7,10-11H,2-3,6,8-9H2,1H3,(H,15,16);2*1H. The molecule has 1 N–H and O–H groups in total. The number of unbranched alkanes of at least 4 members (excludes halogenated alkanes) is 1. The summed E-state index contributed by atoms with van der Waals surface area (Å²) in [6.07, 6.45) is 6.00. The number of aromatic nitrogens is 1. The van der Waals surface area contributed by atoms with Crippen molar-refractivity contribution in [3.8, 4) is 0 Å². The van der Waals surface area contributed by atoms with Crippen LogP contribution in [0.15, 0.2) is 24.4 Å². The molecule has 0 aliphatic carbocycles. The van der Waals surface area contributed by atoms with Crippen LogP contribution in [-0.4, -0.2) is 16.1 Å². The summed E-state index contributed by atoms with van der Waals surface area (Å²) in [6, 6.07) is 5.75. The minimum atomic E-state index is -0.676. The summed E-state index contributed by atoms with van der Waals surface area (Å²) < 4.78 is 0. The summed E-state index contributed by atoms with van der Waals surface area (Å²) in [4.78, 5) is 15.2. The molecular weight excluding hydrogens is 273 g/mol. The van der Waals surface area contributed by atoms with Crippen LogP contribution in [-0.2, 0) is 11.2 Å². The Kier molecular flexibility index (Phi) is 12.3. The number of carboxylic acids is 1. The van der Waals surface area contributed by atoms with Gasteiger partial charge in [-0.1, -0.05) is 25.8 Å². The Morgan fingerprint density at radius 2 is 2.06 bits per heavy atom.